The van der Waals surface area contributed by atoms with Gasteiger partial charge < -0.3 is 4.90 Å². The maximum absolute atomic E-state index is 6.31. The van der Waals surface area contributed by atoms with Gasteiger partial charge in [0.15, 0.2) is 0 Å². The second-order valence-electron chi connectivity index (χ2n) is 6.05. The Kier molecular flexibility index (Phi) is 4.22. The van der Waals surface area contributed by atoms with Crippen LogP contribution in [0.15, 0.2) is 35.1 Å². The molecule has 4 nitrogen and oxygen atoms in total. The monoisotopic (exact) mass is 412 g/mol. The predicted octanol–water partition coefficient (Wildman–Crippen LogP) is 4.01. The number of likely N-dealkylation sites (tertiary alicyclic amines) is 1. The summed E-state index contributed by atoms with van der Waals surface area (Å²) < 4.78 is 1.01. The Hall–Kier alpha value is -0.880. The molecular weight excluding hydrogens is 399 g/mol. The molecule has 0 aromatic carbocycles. The van der Waals surface area contributed by atoms with E-state index in [1.54, 1.807) is 12.3 Å². The van der Waals surface area contributed by atoms with Crippen molar-refractivity contribution in [3.63, 3.8) is 0 Å². The molecule has 7 heteroatoms. The lowest BCUT2D eigenvalue weighted by Crippen LogP contribution is -2.46. The number of halogens is 3. The van der Waals surface area contributed by atoms with Crippen LogP contribution in [0.4, 0.5) is 5.82 Å². The first-order valence-electron chi connectivity index (χ1n) is 7.52. The fraction of sp³-hybridized carbons (Fsp3) is 0.375. The Morgan fingerprint density at radius 2 is 2.00 bits per heavy atom. The molecule has 0 saturated carbocycles. The number of anilines is 1. The normalized spacial score (nSPS) is 23.7. The zero-order valence-electron chi connectivity index (χ0n) is 12.3. The van der Waals surface area contributed by atoms with Crippen molar-refractivity contribution in [3.05, 3.63) is 50.8 Å². The minimum absolute atomic E-state index is 0.460. The number of hydrogen-bond donors (Lipinski definition) is 0. The molecule has 0 N–H and O–H groups in total. The quantitative estimate of drug-likeness (QED) is 0.760. The highest BCUT2D eigenvalue weighted by atomic mass is 79.9. The molecule has 2 aliphatic rings. The average Bonchev–Trinajstić information content (AvgIpc) is 3.09. The standard InChI is InChI=1S/C16H15BrCl2N4/c17-10-1-2-12(20-5-10)7-22-8-14-4-13(22)9-23(14)16-15(19)3-11(18)6-21-16/h1-3,5-6,13-14H,4,7-9H2. The zero-order chi connectivity index (χ0) is 16.0. The maximum Gasteiger partial charge on any atom is 0.147 e. The first-order valence-corrected chi connectivity index (χ1v) is 9.07. The van der Waals surface area contributed by atoms with Crippen molar-refractivity contribution in [2.45, 2.75) is 25.0 Å². The van der Waals surface area contributed by atoms with Crippen LogP contribution in [-0.2, 0) is 6.54 Å². The lowest BCUT2D eigenvalue weighted by molar-refractivity contribution is 0.227. The maximum atomic E-state index is 6.31. The molecular formula is C16H15BrCl2N4. The van der Waals surface area contributed by atoms with E-state index in [0.717, 1.165) is 42.0 Å². The van der Waals surface area contributed by atoms with Gasteiger partial charge in [-0.1, -0.05) is 23.2 Å². The van der Waals surface area contributed by atoms with Crippen LogP contribution in [0.25, 0.3) is 0 Å². The van der Waals surface area contributed by atoms with Gasteiger partial charge in [-0.05, 0) is 40.5 Å². The van der Waals surface area contributed by atoms with Gasteiger partial charge in [-0.15, -0.1) is 0 Å². The SMILES string of the molecule is Clc1cnc(N2CC3CC2CN3Cc2ccc(Br)cn2)c(Cl)c1. The lowest BCUT2D eigenvalue weighted by atomic mass is 10.2. The van der Waals surface area contributed by atoms with Crippen LogP contribution in [0.2, 0.25) is 10.0 Å². The van der Waals surface area contributed by atoms with Gasteiger partial charge in [-0.3, -0.25) is 9.88 Å². The Morgan fingerprint density at radius 3 is 2.65 bits per heavy atom. The summed E-state index contributed by atoms with van der Waals surface area (Å²) >= 11 is 15.7. The molecule has 0 radical (unpaired) electrons. The highest BCUT2D eigenvalue weighted by Crippen LogP contribution is 2.37. The fourth-order valence-electron chi connectivity index (χ4n) is 3.53. The van der Waals surface area contributed by atoms with Crippen molar-refractivity contribution in [1.82, 2.24) is 14.9 Å². The minimum atomic E-state index is 0.460. The summed E-state index contributed by atoms with van der Waals surface area (Å²) in [5.74, 6) is 0.852. The Morgan fingerprint density at radius 1 is 1.13 bits per heavy atom. The summed E-state index contributed by atoms with van der Waals surface area (Å²) in [6.07, 6.45) is 4.67. The van der Waals surface area contributed by atoms with Gasteiger partial charge >= 0.3 is 0 Å². The first kappa shape index (κ1) is 15.6. The van der Waals surface area contributed by atoms with E-state index in [0.29, 0.717) is 22.1 Å². The smallest absolute Gasteiger partial charge is 0.147 e. The Bertz CT molecular complexity index is 725. The van der Waals surface area contributed by atoms with Crippen LogP contribution in [0, 0.1) is 0 Å². The van der Waals surface area contributed by atoms with Crippen LogP contribution >= 0.6 is 39.1 Å². The van der Waals surface area contributed by atoms with E-state index in [2.05, 4.69) is 41.8 Å². The summed E-state index contributed by atoms with van der Waals surface area (Å²) in [5, 5.41) is 1.21. The summed E-state index contributed by atoms with van der Waals surface area (Å²) in [4.78, 5) is 13.7. The van der Waals surface area contributed by atoms with Crippen LogP contribution in [0.1, 0.15) is 12.1 Å². The Balaban J connectivity index is 1.46. The second kappa shape index (κ2) is 6.20. The number of pyridine rings is 2. The van der Waals surface area contributed by atoms with Crippen molar-refractivity contribution in [1.29, 1.82) is 0 Å². The molecule has 2 fully saturated rings. The number of aromatic nitrogens is 2. The van der Waals surface area contributed by atoms with E-state index in [1.165, 1.54) is 0 Å². The topological polar surface area (TPSA) is 32.3 Å². The zero-order valence-corrected chi connectivity index (χ0v) is 15.4. The molecule has 2 bridgehead atoms. The summed E-state index contributed by atoms with van der Waals surface area (Å²) in [6, 6.07) is 6.87. The van der Waals surface area contributed by atoms with E-state index in [9.17, 15) is 0 Å². The summed E-state index contributed by atoms with van der Waals surface area (Å²) in [6.45, 7) is 2.86. The van der Waals surface area contributed by atoms with Crippen molar-refractivity contribution in [2.75, 3.05) is 18.0 Å². The molecule has 2 aliphatic heterocycles. The van der Waals surface area contributed by atoms with E-state index in [-0.39, 0.29) is 0 Å². The van der Waals surface area contributed by atoms with Crippen LogP contribution in [-0.4, -0.2) is 40.0 Å². The number of fused-ring (bicyclic) bond motifs is 2. The third-order valence-corrected chi connectivity index (χ3v) is 5.52. The molecule has 0 amide bonds. The predicted molar refractivity (Wildman–Crippen MR) is 96.1 cm³/mol. The van der Waals surface area contributed by atoms with E-state index in [4.69, 9.17) is 23.2 Å². The molecule has 2 aromatic heterocycles. The molecule has 2 aromatic rings. The largest absolute Gasteiger partial charge is 0.349 e. The van der Waals surface area contributed by atoms with Gasteiger partial charge in [-0.25, -0.2) is 4.98 Å². The van der Waals surface area contributed by atoms with E-state index >= 15 is 0 Å². The molecule has 2 unspecified atom stereocenters. The van der Waals surface area contributed by atoms with E-state index in [1.807, 2.05) is 12.3 Å². The highest BCUT2D eigenvalue weighted by Gasteiger charge is 2.44. The van der Waals surface area contributed by atoms with Gasteiger partial charge in [0, 0.05) is 48.6 Å². The van der Waals surface area contributed by atoms with E-state index < -0.39 is 0 Å². The highest BCUT2D eigenvalue weighted by molar-refractivity contribution is 9.10. The molecule has 0 aliphatic carbocycles. The number of piperazine rings is 1. The molecule has 2 atom stereocenters. The van der Waals surface area contributed by atoms with Gasteiger partial charge in [-0.2, -0.15) is 0 Å². The fourth-order valence-corrected chi connectivity index (χ4v) is 4.25. The number of hydrogen-bond acceptors (Lipinski definition) is 4. The molecule has 4 rings (SSSR count). The second-order valence-corrected chi connectivity index (χ2v) is 7.81. The van der Waals surface area contributed by atoms with Crippen molar-refractivity contribution >= 4 is 44.9 Å². The van der Waals surface area contributed by atoms with Crippen molar-refractivity contribution in [2.24, 2.45) is 0 Å². The van der Waals surface area contributed by atoms with Gasteiger partial charge in [0.25, 0.3) is 0 Å². The summed E-state index contributed by atoms with van der Waals surface area (Å²) in [5.41, 5.74) is 1.11. The molecule has 120 valence electrons. The van der Waals surface area contributed by atoms with Crippen LogP contribution in [0.3, 0.4) is 0 Å². The number of nitrogens with zero attached hydrogens (tertiary/aromatic N) is 4. The summed E-state index contributed by atoms with van der Waals surface area (Å²) in [7, 11) is 0. The first-order chi connectivity index (χ1) is 11.1. The third kappa shape index (κ3) is 3.07. The lowest BCUT2D eigenvalue weighted by Gasteiger charge is -2.35. The van der Waals surface area contributed by atoms with Crippen molar-refractivity contribution < 1.29 is 0 Å². The van der Waals surface area contributed by atoms with Crippen molar-refractivity contribution in [3.8, 4) is 0 Å². The molecule has 4 heterocycles. The minimum Gasteiger partial charge on any atom is -0.349 e. The average molecular weight is 414 g/mol. The van der Waals surface area contributed by atoms with Crippen LogP contribution in [0.5, 0.6) is 0 Å². The number of rotatable bonds is 3. The molecule has 2 saturated heterocycles. The van der Waals surface area contributed by atoms with Gasteiger partial charge in [0.1, 0.15) is 5.82 Å². The van der Waals surface area contributed by atoms with Crippen LogP contribution < -0.4 is 4.90 Å². The van der Waals surface area contributed by atoms with Gasteiger partial charge in [0.05, 0.1) is 15.7 Å². The molecule has 0 spiro atoms. The van der Waals surface area contributed by atoms with Gasteiger partial charge in [0.2, 0.25) is 0 Å². The molecule has 23 heavy (non-hydrogen) atoms. The Labute approximate surface area is 153 Å². The third-order valence-electron chi connectivity index (χ3n) is 4.57.